The molecule has 2 aromatic heterocycles. The van der Waals surface area contributed by atoms with Gasteiger partial charge in [0.25, 0.3) is 0 Å². The van der Waals surface area contributed by atoms with Gasteiger partial charge in [-0.25, -0.2) is 4.98 Å². The molecule has 2 atom stereocenters. The zero-order chi connectivity index (χ0) is 27.4. The number of thiazole rings is 1. The van der Waals surface area contributed by atoms with Crippen molar-refractivity contribution in [3.63, 3.8) is 0 Å². The van der Waals surface area contributed by atoms with E-state index in [0.717, 1.165) is 27.6 Å². The van der Waals surface area contributed by atoms with Crippen LogP contribution in [0, 0.1) is 0 Å². The van der Waals surface area contributed by atoms with Crippen LogP contribution < -0.4 is 14.8 Å². The molecule has 10 heteroatoms. The molecular formula is C29H30ClN3O5S. The lowest BCUT2D eigenvalue weighted by molar-refractivity contribution is -0.142. The summed E-state index contributed by atoms with van der Waals surface area (Å²) in [6.45, 7) is 2.76. The van der Waals surface area contributed by atoms with E-state index in [-0.39, 0.29) is 18.5 Å². The number of fused-ring (bicyclic) bond motifs is 3. The first-order valence-electron chi connectivity index (χ1n) is 12.7. The molecule has 1 aliphatic heterocycles. The Kier molecular flexibility index (Phi) is 8.40. The van der Waals surface area contributed by atoms with Gasteiger partial charge in [-0.3, -0.25) is 4.79 Å². The molecule has 204 valence electrons. The van der Waals surface area contributed by atoms with Crippen LogP contribution in [0.2, 0.25) is 5.02 Å². The highest BCUT2D eigenvalue weighted by atomic mass is 35.5. The Balaban J connectivity index is 1.42. The molecule has 39 heavy (non-hydrogen) atoms. The molecule has 0 aliphatic carbocycles. The summed E-state index contributed by atoms with van der Waals surface area (Å²) in [5.41, 5.74) is 4.51. The summed E-state index contributed by atoms with van der Waals surface area (Å²) in [5.74, 6) is 0.976. The summed E-state index contributed by atoms with van der Waals surface area (Å²) < 4.78 is 25.4. The van der Waals surface area contributed by atoms with Crippen molar-refractivity contribution in [1.29, 1.82) is 0 Å². The predicted octanol–water partition coefficient (Wildman–Crippen LogP) is 6.37. The van der Waals surface area contributed by atoms with E-state index in [2.05, 4.69) is 20.9 Å². The lowest BCUT2D eigenvalue weighted by Crippen LogP contribution is -2.15. The third kappa shape index (κ3) is 5.75. The molecule has 0 fully saturated rings. The van der Waals surface area contributed by atoms with Gasteiger partial charge >= 0.3 is 5.97 Å². The highest BCUT2D eigenvalue weighted by molar-refractivity contribution is 7.13. The van der Waals surface area contributed by atoms with E-state index >= 15 is 0 Å². The van der Waals surface area contributed by atoms with Crippen LogP contribution >= 0.6 is 22.9 Å². The summed E-state index contributed by atoms with van der Waals surface area (Å²) in [6, 6.07) is 15.8. The number of nitrogens with zero attached hydrogens (tertiary/aromatic N) is 2. The Labute approximate surface area is 236 Å². The van der Waals surface area contributed by atoms with Gasteiger partial charge in [0, 0.05) is 34.3 Å². The van der Waals surface area contributed by atoms with Crippen LogP contribution in [0.3, 0.4) is 0 Å². The molecule has 3 heterocycles. The highest BCUT2D eigenvalue weighted by Gasteiger charge is 2.32. The van der Waals surface area contributed by atoms with Crippen molar-refractivity contribution in [2.24, 2.45) is 0 Å². The average molecular weight is 568 g/mol. The van der Waals surface area contributed by atoms with Gasteiger partial charge in [0.05, 0.1) is 44.3 Å². The van der Waals surface area contributed by atoms with Crippen LogP contribution in [0.1, 0.15) is 48.1 Å². The molecule has 2 aromatic carbocycles. The second kappa shape index (κ2) is 12.1. The Bertz CT molecular complexity index is 1450. The number of aromatic nitrogens is 2. The summed E-state index contributed by atoms with van der Waals surface area (Å²) >= 11 is 7.95. The van der Waals surface area contributed by atoms with Gasteiger partial charge in [-0.1, -0.05) is 23.7 Å². The number of hydrogen-bond donors (Lipinski definition) is 1. The van der Waals surface area contributed by atoms with Gasteiger partial charge in [-0.15, -0.1) is 11.3 Å². The van der Waals surface area contributed by atoms with Crippen LogP contribution in [0.5, 0.6) is 11.5 Å². The number of carbonyl (C=O) groups excluding carboxylic acids is 1. The number of ether oxygens (including phenoxy) is 4. The average Bonchev–Trinajstić information content (AvgIpc) is 3.57. The lowest BCUT2D eigenvalue weighted by atomic mass is 9.98. The molecule has 8 nitrogen and oxygen atoms in total. The lowest BCUT2D eigenvalue weighted by Gasteiger charge is -2.25. The van der Waals surface area contributed by atoms with Gasteiger partial charge in [0.1, 0.15) is 12.2 Å². The maximum atomic E-state index is 11.8. The minimum Gasteiger partial charge on any atom is -0.493 e. The van der Waals surface area contributed by atoms with Crippen molar-refractivity contribution in [2.45, 2.75) is 32.0 Å². The van der Waals surface area contributed by atoms with Crippen molar-refractivity contribution in [3.05, 3.63) is 87.6 Å². The first-order valence-corrected chi connectivity index (χ1v) is 14.0. The van der Waals surface area contributed by atoms with Gasteiger partial charge in [0.15, 0.2) is 16.6 Å². The third-order valence-electron chi connectivity index (χ3n) is 6.52. The van der Waals surface area contributed by atoms with Gasteiger partial charge in [0.2, 0.25) is 0 Å². The quantitative estimate of drug-likeness (QED) is 0.223. The van der Waals surface area contributed by atoms with Gasteiger partial charge < -0.3 is 28.8 Å². The Morgan fingerprint density at radius 1 is 1.15 bits per heavy atom. The van der Waals surface area contributed by atoms with Crippen molar-refractivity contribution >= 4 is 34.0 Å². The van der Waals surface area contributed by atoms with Crippen molar-refractivity contribution in [3.8, 4) is 17.2 Å². The number of hydrogen-bond acceptors (Lipinski definition) is 8. The zero-order valence-electron chi connectivity index (χ0n) is 22.0. The van der Waals surface area contributed by atoms with Crippen molar-refractivity contribution < 1.29 is 23.7 Å². The molecule has 1 aliphatic rings. The molecule has 1 N–H and O–H groups in total. The Morgan fingerprint density at radius 2 is 2.03 bits per heavy atom. The van der Waals surface area contributed by atoms with Crippen LogP contribution in [-0.4, -0.2) is 42.9 Å². The monoisotopic (exact) mass is 567 g/mol. The fraction of sp³-hybridized carbons (Fsp3) is 0.310. The number of rotatable bonds is 10. The number of carbonyl (C=O) groups is 1. The molecule has 0 spiro atoms. The fourth-order valence-electron chi connectivity index (χ4n) is 4.85. The molecule has 0 saturated carbocycles. The molecule has 0 bridgehead atoms. The van der Waals surface area contributed by atoms with Crippen molar-refractivity contribution in [1.82, 2.24) is 9.55 Å². The first kappa shape index (κ1) is 27.1. The third-order valence-corrected chi connectivity index (χ3v) is 7.61. The van der Waals surface area contributed by atoms with Crippen molar-refractivity contribution in [2.75, 3.05) is 32.7 Å². The molecule has 5 rings (SSSR count). The Hall–Kier alpha value is -3.53. The fourth-order valence-corrected chi connectivity index (χ4v) is 5.77. The minimum absolute atomic E-state index is 0.163. The topological polar surface area (TPSA) is 83.8 Å². The van der Waals surface area contributed by atoms with Gasteiger partial charge in [-0.05, 0) is 49.7 Å². The molecule has 0 unspecified atom stereocenters. The number of methoxy groups -OCH3 is 2. The number of benzene rings is 2. The SMILES string of the molecule is CCOC(=O)Cc1csc(NCC[C@H]2O[C@H](c3cccc(OC)c3OC)c3cc(Cl)ccc3-n3cccc32)n1. The van der Waals surface area contributed by atoms with E-state index in [1.807, 2.05) is 54.0 Å². The van der Waals surface area contributed by atoms with E-state index in [1.165, 1.54) is 11.3 Å². The molecule has 0 saturated heterocycles. The van der Waals surface area contributed by atoms with E-state index in [9.17, 15) is 4.79 Å². The van der Waals surface area contributed by atoms with Crippen LogP contribution in [0.25, 0.3) is 5.69 Å². The largest absolute Gasteiger partial charge is 0.493 e. The summed E-state index contributed by atoms with van der Waals surface area (Å²) in [4.78, 5) is 16.3. The smallest absolute Gasteiger partial charge is 0.311 e. The summed E-state index contributed by atoms with van der Waals surface area (Å²) in [7, 11) is 3.25. The van der Waals surface area contributed by atoms with Crippen LogP contribution in [0.15, 0.2) is 60.1 Å². The number of nitrogens with one attached hydrogen (secondary N) is 1. The van der Waals surface area contributed by atoms with Gasteiger partial charge in [-0.2, -0.15) is 0 Å². The van der Waals surface area contributed by atoms with Crippen LogP contribution in [-0.2, 0) is 20.7 Å². The minimum atomic E-state index is -0.454. The summed E-state index contributed by atoms with van der Waals surface area (Å²) in [6.07, 6.45) is 2.17. The molecule has 4 aromatic rings. The predicted molar refractivity (Wildman–Crippen MR) is 152 cm³/mol. The number of halogens is 1. The second-order valence-corrected chi connectivity index (χ2v) is 10.2. The van der Waals surface area contributed by atoms with E-state index in [1.54, 1.807) is 21.1 Å². The maximum absolute atomic E-state index is 11.8. The van der Waals surface area contributed by atoms with Crippen LogP contribution in [0.4, 0.5) is 5.13 Å². The zero-order valence-corrected chi connectivity index (χ0v) is 23.6. The second-order valence-electron chi connectivity index (χ2n) is 8.93. The van der Waals surface area contributed by atoms with E-state index in [4.69, 9.17) is 30.5 Å². The molecule has 0 radical (unpaired) electrons. The normalized spacial score (nSPS) is 16.1. The highest BCUT2D eigenvalue weighted by Crippen LogP contribution is 2.46. The summed E-state index contributed by atoms with van der Waals surface area (Å²) in [5, 5.41) is 6.63. The number of para-hydroxylation sites is 1. The molecule has 0 amide bonds. The standard InChI is InChI=1S/C29H30ClN3O5S/c1-4-37-26(34)16-19-17-39-29(32-19)31-13-12-24-23-8-6-14-33(23)22-11-10-18(30)15-21(22)27(38-24)20-7-5-9-25(35-2)28(20)36-3/h5-11,14-15,17,24,27H,4,12-13,16H2,1-3H3,(H,31,32)/t24-,27-/m1/s1. The number of anilines is 1. The number of esters is 1. The van der Waals surface area contributed by atoms with E-state index in [0.29, 0.717) is 41.8 Å². The maximum Gasteiger partial charge on any atom is 0.311 e. The van der Waals surface area contributed by atoms with E-state index < -0.39 is 6.10 Å². The molecular weight excluding hydrogens is 538 g/mol. The Morgan fingerprint density at radius 3 is 2.82 bits per heavy atom. The first-order chi connectivity index (χ1) is 19.0.